The molecule has 1 saturated heterocycles. The van der Waals surface area contributed by atoms with E-state index in [9.17, 15) is 9.59 Å². The van der Waals surface area contributed by atoms with Gasteiger partial charge in [-0.3, -0.25) is 4.79 Å². The highest BCUT2D eigenvalue weighted by molar-refractivity contribution is 5.73. The summed E-state index contributed by atoms with van der Waals surface area (Å²) in [5.74, 6) is 0.696. The summed E-state index contributed by atoms with van der Waals surface area (Å²) in [7, 11) is 0. The highest BCUT2D eigenvalue weighted by Crippen LogP contribution is 2.22. The quantitative estimate of drug-likeness (QED) is 0.919. The Balaban J connectivity index is 1.80. The van der Waals surface area contributed by atoms with Gasteiger partial charge in [0.05, 0.1) is 19.1 Å². The van der Waals surface area contributed by atoms with E-state index < -0.39 is 5.60 Å². The van der Waals surface area contributed by atoms with E-state index in [4.69, 9.17) is 9.47 Å². The molecular formula is C18H26N2O4. The first kappa shape index (κ1) is 18.1. The lowest BCUT2D eigenvalue weighted by atomic mass is 10.1. The maximum atomic E-state index is 11.9. The first-order valence-electron chi connectivity index (χ1n) is 8.15. The Morgan fingerprint density at radius 1 is 1.21 bits per heavy atom. The van der Waals surface area contributed by atoms with Gasteiger partial charge in [0.15, 0.2) is 0 Å². The Hall–Kier alpha value is -2.24. The predicted octanol–water partition coefficient (Wildman–Crippen LogP) is 2.88. The Kier molecular flexibility index (Phi) is 5.36. The van der Waals surface area contributed by atoms with Crippen LogP contribution in [-0.4, -0.2) is 41.7 Å². The molecule has 1 heterocycles. The summed E-state index contributed by atoms with van der Waals surface area (Å²) < 4.78 is 11.2. The van der Waals surface area contributed by atoms with Crippen LogP contribution in [0.2, 0.25) is 0 Å². The molecule has 6 heteroatoms. The molecule has 0 bridgehead atoms. The van der Waals surface area contributed by atoms with E-state index >= 15 is 0 Å². The van der Waals surface area contributed by atoms with Crippen molar-refractivity contribution in [2.24, 2.45) is 0 Å². The van der Waals surface area contributed by atoms with Gasteiger partial charge in [-0.15, -0.1) is 0 Å². The smallest absolute Gasteiger partial charge is 0.410 e. The van der Waals surface area contributed by atoms with E-state index in [1.807, 2.05) is 52.0 Å². The number of hydrogen-bond acceptors (Lipinski definition) is 4. The number of nitrogens with one attached hydrogen (secondary N) is 1. The van der Waals surface area contributed by atoms with E-state index in [2.05, 4.69) is 5.32 Å². The number of nitrogens with zero attached hydrogens (tertiary/aromatic N) is 1. The van der Waals surface area contributed by atoms with Gasteiger partial charge >= 0.3 is 6.09 Å². The molecule has 132 valence electrons. The second-order valence-corrected chi connectivity index (χ2v) is 7.12. The lowest BCUT2D eigenvalue weighted by molar-refractivity contribution is -0.119. The molecule has 24 heavy (non-hydrogen) atoms. The van der Waals surface area contributed by atoms with Crippen LogP contribution in [0.4, 0.5) is 4.79 Å². The van der Waals surface area contributed by atoms with Crippen LogP contribution in [0.3, 0.4) is 0 Å². The molecule has 1 aromatic rings. The van der Waals surface area contributed by atoms with Crippen molar-refractivity contribution in [3.63, 3.8) is 0 Å². The first-order valence-corrected chi connectivity index (χ1v) is 8.15. The fourth-order valence-corrected chi connectivity index (χ4v) is 2.40. The van der Waals surface area contributed by atoms with Crippen LogP contribution < -0.4 is 10.1 Å². The van der Waals surface area contributed by atoms with Crippen LogP contribution in [0.1, 0.15) is 46.2 Å². The number of benzene rings is 1. The Bertz CT molecular complexity index is 586. The zero-order chi connectivity index (χ0) is 17.9. The zero-order valence-corrected chi connectivity index (χ0v) is 15.0. The van der Waals surface area contributed by atoms with Crippen LogP contribution in [0.15, 0.2) is 24.3 Å². The van der Waals surface area contributed by atoms with Crippen LogP contribution in [0.25, 0.3) is 0 Å². The summed E-state index contributed by atoms with van der Waals surface area (Å²) in [5.41, 5.74) is 0.533. The minimum Gasteiger partial charge on any atom is -0.487 e. The van der Waals surface area contributed by atoms with Crippen LogP contribution >= 0.6 is 0 Å². The van der Waals surface area contributed by atoms with Crippen molar-refractivity contribution in [3.8, 4) is 5.75 Å². The molecule has 1 aliphatic heterocycles. The van der Waals surface area contributed by atoms with Gasteiger partial charge in [-0.25, -0.2) is 4.79 Å². The second-order valence-electron chi connectivity index (χ2n) is 7.12. The van der Waals surface area contributed by atoms with Crippen molar-refractivity contribution in [2.45, 2.75) is 52.4 Å². The van der Waals surface area contributed by atoms with Gasteiger partial charge in [-0.05, 0) is 45.4 Å². The summed E-state index contributed by atoms with van der Waals surface area (Å²) in [5, 5.41) is 2.84. The van der Waals surface area contributed by atoms with Crippen molar-refractivity contribution >= 4 is 12.0 Å². The van der Waals surface area contributed by atoms with Gasteiger partial charge in [0.25, 0.3) is 0 Å². The van der Waals surface area contributed by atoms with Gasteiger partial charge in [0.1, 0.15) is 17.5 Å². The highest BCUT2D eigenvalue weighted by Gasteiger charge is 2.35. The van der Waals surface area contributed by atoms with Crippen LogP contribution in [0.5, 0.6) is 5.75 Å². The minimum atomic E-state index is -0.483. The number of ether oxygens (including phenoxy) is 2. The number of amides is 2. The third-order valence-electron chi connectivity index (χ3n) is 3.60. The van der Waals surface area contributed by atoms with Gasteiger partial charge in [-0.1, -0.05) is 12.1 Å². The summed E-state index contributed by atoms with van der Waals surface area (Å²) >= 11 is 0. The molecule has 0 saturated carbocycles. The minimum absolute atomic E-state index is 0.0175. The van der Waals surface area contributed by atoms with Crippen LogP contribution in [-0.2, 0) is 9.53 Å². The van der Waals surface area contributed by atoms with E-state index in [0.29, 0.717) is 13.1 Å². The molecular weight excluding hydrogens is 308 g/mol. The van der Waals surface area contributed by atoms with Gasteiger partial charge in [-0.2, -0.15) is 0 Å². The van der Waals surface area contributed by atoms with Gasteiger partial charge in [0.2, 0.25) is 5.91 Å². The molecule has 0 radical (unpaired) electrons. The largest absolute Gasteiger partial charge is 0.487 e. The third-order valence-corrected chi connectivity index (χ3v) is 3.60. The van der Waals surface area contributed by atoms with E-state index in [1.54, 1.807) is 4.90 Å². The Morgan fingerprint density at radius 3 is 2.29 bits per heavy atom. The van der Waals surface area contributed by atoms with Crippen molar-refractivity contribution in [2.75, 3.05) is 13.1 Å². The summed E-state index contributed by atoms with van der Waals surface area (Å²) in [6.07, 6.45) is -0.321. The number of carbonyl (C=O) groups excluding carboxylic acids is 2. The number of likely N-dealkylation sites (tertiary alicyclic amines) is 1. The topological polar surface area (TPSA) is 67.9 Å². The fourth-order valence-electron chi connectivity index (χ4n) is 2.40. The van der Waals surface area contributed by atoms with E-state index in [-0.39, 0.29) is 24.1 Å². The second kappa shape index (κ2) is 7.11. The standard InChI is InChI=1S/C18H26N2O4/c1-12(19-13(2)21)14-6-8-15(9-7-14)23-16-10-20(11-16)17(22)24-18(3,4)5/h6-9,12,16H,10-11H2,1-5H3,(H,19,21)/t12-/m0/s1. The molecule has 0 unspecified atom stereocenters. The molecule has 2 amide bonds. The molecule has 1 fully saturated rings. The molecule has 1 atom stereocenters. The van der Waals surface area contributed by atoms with Gasteiger partial charge in [0, 0.05) is 6.92 Å². The first-order chi connectivity index (χ1) is 11.1. The molecule has 2 rings (SSSR count). The monoisotopic (exact) mass is 334 g/mol. The fraction of sp³-hybridized carbons (Fsp3) is 0.556. The number of hydrogen-bond donors (Lipinski definition) is 1. The molecule has 0 aromatic heterocycles. The number of carbonyl (C=O) groups is 2. The maximum absolute atomic E-state index is 11.9. The summed E-state index contributed by atoms with van der Waals surface area (Å²) in [6.45, 7) is 10.0. The average molecular weight is 334 g/mol. The van der Waals surface area contributed by atoms with Crippen molar-refractivity contribution in [3.05, 3.63) is 29.8 Å². The SMILES string of the molecule is CC(=O)N[C@@H](C)c1ccc(OC2CN(C(=O)OC(C)(C)C)C2)cc1. The summed E-state index contributed by atoms with van der Waals surface area (Å²) in [6, 6.07) is 7.58. The van der Waals surface area contributed by atoms with Gasteiger partial charge < -0.3 is 19.7 Å². The van der Waals surface area contributed by atoms with Crippen molar-refractivity contribution in [1.82, 2.24) is 10.2 Å². The highest BCUT2D eigenvalue weighted by atomic mass is 16.6. The summed E-state index contributed by atoms with van der Waals surface area (Å²) in [4.78, 5) is 24.6. The molecule has 6 nitrogen and oxygen atoms in total. The molecule has 0 spiro atoms. The zero-order valence-electron chi connectivity index (χ0n) is 15.0. The number of rotatable bonds is 4. The average Bonchev–Trinajstić information content (AvgIpc) is 2.40. The maximum Gasteiger partial charge on any atom is 0.410 e. The molecule has 1 aromatic carbocycles. The predicted molar refractivity (Wildman–Crippen MR) is 90.9 cm³/mol. The normalized spacial score (nSPS) is 16.1. The lowest BCUT2D eigenvalue weighted by Gasteiger charge is -2.39. The third kappa shape index (κ3) is 5.15. The molecule has 1 aliphatic rings. The van der Waals surface area contributed by atoms with Crippen molar-refractivity contribution in [1.29, 1.82) is 0 Å². The Labute approximate surface area is 143 Å². The van der Waals surface area contributed by atoms with E-state index in [1.165, 1.54) is 6.92 Å². The lowest BCUT2D eigenvalue weighted by Crippen LogP contribution is -2.57. The Morgan fingerprint density at radius 2 is 1.79 bits per heavy atom. The van der Waals surface area contributed by atoms with Crippen LogP contribution in [0, 0.1) is 0 Å². The van der Waals surface area contributed by atoms with Crippen molar-refractivity contribution < 1.29 is 19.1 Å². The molecule has 0 aliphatic carbocycles. The molecule has 1 N–H and O–H groups in total. The van der Waals surface area contributed by atoms with E-state index in [0.717, 1.165) is 11.3 Å².